The third-order valence-electron chi connectivity index (χ3n) is 2.78. The van der Waals surface area contributed by atoms with Gasteiger partial charge in [0, 0.05) is 12.6 Å². The van der Waals surface area contributed by atoms with Crippen molar-refractivity contribution < 1.29 is 8.42 Å². The summed E-state index contributed by atoms with van der Waals surface area (Å²) in [5.74, 6) is 0. The lowest BCUT2D eigenvalue weighted by Gasteiger charge is -2.08. The largest absolute Gasteiger partial charge is 0.314 e. The Hall–Kier alpha value is -0.620. The van der Waals surface area contributed by atoms with E-state index in [9.17, 15) is 8.42 Å². The molecule has 2 N–H and O–H groups in total. The Morgan fingerprint density at radius 1 is 1.22 bits per heavy atom. The van der Waals surface area contributed by atoms with Gasteiger partial charge in [0.05, 0.1) is 5.02 Å². The molecule has 0 heterocycles. The van der Waals surface area contributed by atoms with Gasteiger partial charge in [0.1, 0.15) is 4.90 Å². The van der Waals surface area contributed by atoms with Crippen molar-refractivity contribution in [1.82, 2.24) is 10.0 Å². The van der Waals surface area contributed by atoms with Gasteiger partial charge >= 0.3 is 0 Å². The van der Waals surface area contributed by atoms with Crippen molar-refractivity contribution in [1.29, 1.82) is 0 Å². The van der Waals surface area contributed by atoms with Crippen molar-refractivity contribution in [3.8, 4) is 0 Å². The molecule has 1 aliphatic rings. The summed E-state index contributed by atoms with van der Waals surface area (Å²) in [4.78, 5) is 0.141. The van der Waals surface area contributed by atoms with Crippen LogP contribution >= 0.6 is 11.6 Å². The summed E-state index contributed by atoms with van der Waals surface area (Å²) < 4.78 is 26.5. The summed E-state index contributed by atoms with van der Waals surface area (Å²) in [5.41, 5.74) is 0. The molecule has 2 rings (SSSR count). The number of benzene rings is 1. The van der Waals surface area contributed by atoms with E-state index in [4.69, 9.17) is 11.6 Å². The highest BCUT2D eigenvalue weighted by Gasteiger charge is 2.20. The van der Waals surface area contributed by atoms with Crippen LogP contribution in [-0.2, 0) is 10.0 Å². The lowest BCUT2D eigenvalue weighted by atomic mass is 10.4. The first kappa shape index (κ1) is 13.8. The molecule has 100 valence electrons. The van der Waals surface area contributed by atoms with Crippen LogP contribution in [0.15, 0.2) is 29.2 Å². The Labute approximate surface area is 113 Å². The highest BCUT2D eigenvalue weighted by atomic mass is 35.5. The summed E-state index contributed by atoms with van der Waals surface area (Å²) in [6, 6.07) is 7.11. The molecular formula is C12H17ClN2O2S. The molecule has 0 aromatic heterocycles. The Morgan fingerprint density at radius 2 is 1.94 bits per heavy atom. The van der Waals surface area contributed by atoms with Gasteiger partial charge in [-0.1, -0.05) is 23.7 Å². The molecule has 18 heavy (non-hydrogen) atoms. The van der Waals surface area contributed by atoms with Crippen molar-refractivity contribution in [3.63, 3.8) is 0 Å². The first-order chi connectivity index (χ1) is 8.59. The fourth-order valence-corrected chi connectivity index (χ4v) is 3.22. The normalized spacial score (nSPS) is 15.8. The molecule has 1 saturated carbocycles. The van der Waals surface area contributed by atoms with Crippen LogP contribution in [0, 0.1) is 0 Å². The lowest BCUT2D eigenvalue weighted by molar-refractivity contribution is 0.573. The van der Waals surface area contributed by atoms with E-state index >= 15 is 0 Å². The summed E-state index contributed by atoms with van der Waals surface area (Å²) in [7, 11) is -3.49. The Kier molecular flexibility index (Phi) is 4.61. The maximum atomic E-state index is 11.9. The van der Waals surface area contributed by atoms with Crippen molar-refractivity contribution in [3.05, 3.63) is 29.3 Å². The predicted molar refractivity (Wildman–Crippen MR) is 72.3 cm³/mol. The smallest absolute Gasteiger partial charge is 0.242 e. The molecule has 6 heteroatoms. The SMILES string of the molecule is O=S(=O)(NCCCNC1CC1)c1ccccc1Cl. The van der Waals surface area contributed by atoms with E-state index in [1.807, 2.05) is 0 Å². The number of hydrogen-bond donors (Lipinski definition) is 2. The summed E-state index contributed by atoms with van der Waals surface area (Å²) in [5, 5.41) is 3.58. The van der Waals surface area contributed by atoms with E-state index in [-0.39, 0.29) is 9.92 Å². The van der Waals surface area contributed by atoms with Crippen LogP contribution < -0.4 is 10.0 Å². The Bertz CT molecular complexity index is 501. The van der Waals surface area contributed by atoms with Crippen molar-refractivity contribution in [2.45, 2.75) is 30.2 Å². The minimum Gasteiger partial charge on any atom is -0.314 e. The number of nitrogens with one attached hydrogen (secondary N) is 2. The van der Waals surface area contributed by atoms with Gasteiger partial charge in [-0.3, -0.25) is 0 Å². The lowest BCUT2D eigenvalue weighted by Crippen LogP contribution is -2.28. The summed E-state index contributed by atoms with van der Waals surface area (Å²) >= 11 is 5.87. The van der Waals surface area contributed by atoms with Crippen molar-refractivity contribution >= 4 is 21.6 Å². The van der Waals surface area contributed by atoms with Crippen molar-refractivity contribution in [2.24, 2.45) is 0 Å². The third kappa shape index (κ3) is 3.95. The van der Waals surface area contributed by atoms with E-state index in [0.29, 0.717) is 12.6 Å². The molecule has 1 fully saturated rings. The average Bonchev–Trinajstić information content (AvgIpc) is 3.13. The fraction of sp³-hybridized carbons (Fsp3) is 0.500. The number of rotatable bonds is 7. The van der Waals surface area contributed by atoms with E-state index in [0.717, 1.165) is 13.0 Å². The zero-order valence-corrected chi connectivity index (χ0v) is 11.6. The van der Waals surface area contributed by atoms with Gasteiger partial charge in [0.2, 0.25) is 10.0 Å². The maximum Gasteiger partial charge on any atom is 0.242 e. The van der Waals surface area contributed by atoms with Crippen LogP contribution in [0.25, 0.3) is 0 Å². The van der Waals surface area contributed by atoms with Gasteiger partial charge < -0.3 is 5.32 Å². The highest BCUT2D eigenvalue weighted by molar-refractivity contribution is 7.89. The van der Waals surface area contributed by atoms with E-state index in [1.54, 1.807) is 18.2 Å². The molecule has 0 aliphatic heterocycles. The van der Waals surface area contributed by atoms with Gasteiger partial charge in [-0.05, 0) is 37.9 Å². The van der Waals surface area contributed by atoms with Crippen LogP contribution in [0.3, 0.4) is 0 Å². The molecule has 0 amide bonds. The monoisotopic (exact) mass is 288 g/mol. The van der Waals surface area contributed by atoms with Crippen molar-refractivity contribution in [2.75, 3.05) is 13.1 Å². The maximum absolute atomic E-state index is 11.9. The predicted octanol–water partition coefficient (Wildman–Crippen LogP) is 1.76. The quantitative estimate of drug-likeness (QED) is 0.752. The van der Waals surface area contributed by atoms with Gasteiger partial charge in [0.15, 0.2) is 0 Å². The van der Waals surface area contributed by atoms with Crippen LogP contribution in [0.4, 0.5) is 0 Å². The van der Waals surface area contributed by atoms with Gasteiger partial charge in [0.25, 0.3) is 0 Å². The summed E-state index contributed by atoms with van der Waals surface area (Å²) in [6.45, 7) is 1.27. The van der Waals surface area contributed by atoms with Crippen LogP contribution in [-0.4, -0.2) is 27.5 Å². The van der Waals surface area contributed by atoms with Crippen LogP contribution in [0.5, 0.6) is 0 Å². The fourth-order valence-electron chi connectivity index (χ4n) is 1.63. The first-order valence-corrected chi connectivity index (χ1v) is 7.93. The zero-order valence-electron chi connectivity index (χ0n) is 10.0. The van der Waals surface area contributed by atoms with Crippen LogP contribution in [0.1, 0.15) is 19.3 Å². The number of sulfonamides is 1. The molecule has 0 saturated heterocycles. The van der Waals surface area contributed by atoms with Gasteiger partial charge in [-0.25, -0.2) is 13.1 Å². The van der Waals surface area contributed by atoms with E-state index in [2.05, 4.69) is 10.0 Å². The molecule has 1 aromatic rings. The average molecular weight is 289 g/mol. The van der Waals surface area contributed by atoms with Gasteiger partial charge in [-0.15, -0.1) is 0 Å². The minimum absolute atomic E-state index is 0.141. The molecule has 0 spiro atoms. The minimum atomic E-state index is -3.49. The molecule has 0 bridgehead atoms. The molecule has 0 atom stereocenters. The topological polar surface area (TPSA) is 58.2 Å². The van der Waals surface area contributed by atoms with Crippen LogP contribution in [0.2, 0.25) is 5.02 Å². The molecular weight excluding hydrogens is 272 g/mol. The Balaban J connectivity index is 1.81. The zero-order chi connectivity index (χ0) is 13.0. The van der Waals surface area contributed by atoms with E-state index < -0.39 is 10.0 Å². The Morgan fingerprint density at radius 3 is 2.61 bits per heavy atom. The number of halogens is 1. The highest BCUT2D eigenvalue weighted by Crippen LogP contribution is 2.20. The number of hydrogen-bond acceptors (Lipinski definition) is 3. The standard InChI is InChI=1S/C12H17ClN2O2S/c13-11-4-1-2-5-12(11)18(16,17)15-9-3-8-14-10-6-7-10/h1-2,4-5,10,14-15H,3,6-9H2. The van der Waals surface area contributed by atoms with Gasteiger partial charge in [-0.2, -0.15) is 0 Å². The molecule has 0 unspecified atom stereocenters. The second-order valence-corrected chi connectivity index (χ2v) is 6.55. The summed E-state index contributed by atoms with van der Waals surface area (Å²) in [6.07, 6.45) is 3.26. The van der Waals surface area contributed by atoms with E-state index in [1.165, 1.54) is 18.9 Å². The molecule has 4 nitrogen and oxygen atoms in total. The molecule has 0 radical (unpaired) electrons. The third-order valence-corrected chi connectivity index (χ3v) is 4.74. The molecule has 1 aliphatic carbocycles. The second kappa shape index (κ2) is 6.02. The first-order valence-electron chi connectivity index (χ1n) is 6.07. The molecule has 1 aromatic carbocycles. The second-order valence-electron chi connectivity index (χ2n) is 4.41.